The molecule has 188 valence electrons. The molecule has 1 aliphatic rings. The number of amides is 2. The number of rotatable bonds is 8. The molecule has 0 aliphatic carbocycles. The summed E-state index contributed by atoms with van der Waals surface area (Å²) in [6.45, 7) is 1.36. The minimum absolute atomic E-state index is 0.0262. The van der Waals surface area contributed by atoms with Crippen molar-refractivity contribution in [3.63, 3.8) is 0 Å². The maximum atomic E-state index is 12.5. The molecule has 2 aromatic carbocycles. The average Bonchev–Trinajstić information content (AvgIpc) is 2.84. The van der Waals surface area contributed by atoms with Crippen molar-refractivity contribution in [1.82, 2.24) is 9.97 Å². The highest BCUT2D eigenvalue weighted by Gasteiger charge is 2.25. The zero-order chi connectivity index (χ0) is 25.7. The van der Waals surface area contributed by atoms with Crippen LogP contribution in [-0.2, 0) is 14.6 Å². The fourth-order valence-corrected chi connectivity index (χ4v) is 4.79. The molecule has 0 unspecified atom stereocenters. The van der Waals surface area contributed by atoms with Gasteiger partial charge in [0.15, 0.2) is 21.3 Å². The molecule has 4 N–H and O–H groups in total. The summed E-state index contributed by atoms with van der Waals surface area (Å²) < 4.78 is 23.4. The maximum absolute atomic E-state index is 12.5. The summed E-state index contributed by atoms with van der Waals surface area (Å²) in [5.74, 6) is 0.0982. The van der Waals surface area contributed by atoms with E-state index >= 15 is 0 Å². The fraction of sp³-hybridized carbons (Fsp3) is 0.280. The number of sulfone groups is 1. The Morgan fingerprint density at radius 2 is 1.81 bits per heavy atom. The van der Waals surface area contributed by atoms with Crippen LogP contribution in [-0.4, -0.2) is 49.5 Å². The minimum atomic E-state index is -3.33. The van der Waals surface area contributed by atoms with Gasteiger partial charge >= 0.3 is 0 Å². The zero-order valence-electron chi connectivity index (χ0n) is 19.8. The van der Waals surface area contributed by atoms with Gasteiger partial charge in [-0.25, -0.2) is 18.4 Å². The maximum Gasteiger partial charge on any atom is 0.271 e. The molecule has 1 atom stereocenters. The second kappa shape index (κ2) is 10.7. The zero-order valence-corrected chi connectivity index (χ0v) is 20.7. The first-order chi connectivity index (χ1) is 17.2. The van der Waals surface area contributed by atoms with Crippen LogP contribution in [0.4, 0.5) is 23.0 Å². The van der Waals surface area contributed by atoms with Crippen molar-refractivity contribution < 1.29 is 18.0 Å². The second-order valence-electron chi connectivity index (χ2n) is 8.78. The van der Waals surface area contributed by atoms with Crippen LogP contribution in [0.15, 0.2) is 65.7 Å². The highest BCUT2D eigenvalue weighted by atomic mass is 32.2. The van der Waals surface area contributed by atoms with Gasteiger partial charge in [0.1, 0.15) is 5.82 Å². The average molecular weight is 509 g/mol. The van der Waals surface area contributed by atoms with Gasteiger partial charge in [-0.15, -0.1) is 0 Å². The Balaban J connectivity index is 1.48. The number of primary amides is 1. The SMILES string of the molecule is CS(=O)(=O)c1ccc(Nc2nc(N3CCC[C@@H](CC(=O)Nc4ccccc4)C3)cnc2C(N)=O)cc1. The predicted molar refractivity (Wildman–Crippen MR) is 138 cm³/mol. The normalized spacial score (nSPS) is 15.8. The van der Waals surface area contributed by atoms with E-state index in [1.54, 1.807) is 12.1 Å². The third kappa shape index (κ3) is 6.36. The Hall–Kier alpha value is -3.99. The van der Waals surface area contributed by atoms with Gasteiger partial charge in [-0.3, -0.25) is 9.59 Å². The van der Waals surface area contributed by atoms with Gasteiger partial charge in [0.05, 0.1) is 11.1 Å². The molecule has 0 spiro atoms. The molecule has 36 heavy (non-hydrogen) atoms. The molecule has 0 bridgehead atoms. The molecule has 0 saturated carbocycles. The number of carbonyl (C=O) groups excluding carboxylic acids is 2. The highest BCUT2D eigenvalue weighted by molar-refractivity contribution is 7.90. The van der Waals surface area contributed by atoms with Gasteiger partial charge in [-0.05, 0) is 55.2 Å². The summed E-state index contributed by atoms with van der Waals surface area (Å²) in [6.07, 6.45) is 4.83. The van der Waals surface area contributed by atoms with Gasteiger partial charge in [0, 0.05) is 37.1 Å². The van der Waals surface area contributed by atoms with Crippen LogP contribution < -0.4 is 21.3 Å². The molecule has 1 aromatic heterocycles. The quantitative estimate of drug-likeness (QED) is 0.421. The van der Waals surface area contributed by atoms with E-state index in [-0.39, 0.29) is 28.2 Å². The van der Waals surface area contributed by atoms with Crippen LogP contribution in [0, 0.1) is 5.92 Å². The first-order valence-electron chi connectivity index (χ1n) is 11.5. The van der Waals surface area contributed by atoms with Crippen LogP contribution in [0.3, 0.4) is 0 Å². The van der Waals surface area contributed by atoms with E-state index in [4.69, 9.17) is 5.73 Å². The van der Waals surface area contributed by atoms with E-state index in [1.807, 2.05) is 35.2 Å². The fourth-order valence-electron chi connectivity index (χ4n) is 4.16. The van der Waals surface area contributed by atoms with E-state index in [0.717, 1.165) is 31.3 Å². The van der Waals surface area contributed by atoms with Gasteiger partial charge in [-0.2, -0.15) is 0 Å². The van der Waals surface area contributed by atoms with Crippen molar-refractivity contribution >= 4 is 44.7 Å². The Morgan fingerprint density at radius 1 is 1.08 bits per heavy atom. The van der Waals surface area contributed by atoms with E-state index < -0.39 is 15.7 Å². The van der Waals surface area contributed by atoms with Gasteiger partial charge in [-0.1, -0.05) is 18.2 Å². The molecule has 2 heterocycles. The number of nitrogens with one attached hydrogen (secondary N) is 2. The molecule has 11 heteroatoms. The Kier molecular flexibility index (Phi) is 7.49. The summed E-state index contributed by atoms with van der Waals surface area (Å²) in [7, 11) is -3.33. The smallest absolute Gasteiger partial charge is 0.271 e. The van der Waals surface area contributed by atoms with Crippen LogP contribution >= 0.6 is 0 Å². The van der Waals surface area contributed by atoms with E-state index in [1.165, 1.54) is 18.3 Å². The van der Waals surface area contributed by atoms with Gasteiger partial charge < -0.3 is 21.3 Å². The topological polar surface area (TPSA) is 147 Å². The molecule has 4 rings (SSSR count). The number of aromatic nitrogens is 2. The van der Waals surface area contributed by atoms with Crippen LogP contribution in [0.2, 0.25) is 0 Å². The van der Waals surface area contributed by atoms with Crippen LogP contribution in [0.25, 0.3) is 0 Å². The number of piperidine rings is 1. The largest absolute Gasteiger partial charge is 0.364 e. The lowest BCUT2D eigenvalue weighted by atomic mass is 9.94. The molecule has 10 nitrogen and oxygen atoms in total. The summed E-state index contributed by atoms with van der Waals surface area (Å²) in [4.78, 5) is 35.5. The van der Waals surface area contributed by atoms with Gasteiger partial charge in [0.25, 0.3) is 5.91 Å². The van der Waals surface area contributed by atoms with E-state index in [9.17, 15) is 18.0 Å². The van der Waals surface area contributed by atoms with Crippen molar-refractivity contribution in [3.05, 3.63) is 66.5 Å². The molecule has 1 saturated heterocycles. The summed E-state index contributed by atoms with van der Waals surface area (Å²) in [6, 6.07) is 15.4. The number of hydrogen-bond donors (Lipinski definition) is 3. The standard InChI is InChI=1S/C25H28N6O4S/c1-36(34,35)20-11-9-19(10-12-20)29-25-23(24(26)33)27-15-21(30-25)31-13-5-6-17(16-31)14-22(32)28-18-7-3-2-4-8-18/h2-4,7-12,15,17H,5-6,13-14,16H2,1H3,(H2,26,33)(H,28,32)(H,29,30)/t17-/m0/s1. The van der Waals surface area contributed by atoms with Gasteiger partial charge in [0.2, 0.25) is 5.91 Å². The number of nitrogens with zero attached hydrogens (tertiary/aromatic N) is 3. The second-order valence-corrected chi connectivity index (χ2v) is 10.8. The molecule has 2 amide bonds. The molecule has 1 fully saturated rings. The number of para-hydroxylation sites is 1. The van der Waals surface area contributed by atoms with Crippen LogP contribution in [0.1, 0.15) is 29.8 Å². The van der Waals surface area contributed by atoms with E-state index in [2.05, 4.69) is 20.6 Å². The lowest BCUT2D eigenvalue weighted by molar-refractivity contribution is -0.117. The van der Waals surface area contributed by atoms with Crippen molar-refractivity contribution in [2.24, 2.45) is 11.7 Å². The number of anilines is 4. The molecule has 0 radical (unpaired) electrons. The van der Waals surface area contributed by atoms with Crippen molar-refractivity contribution in [2.45, 2.75) is 24.2 Å². The third-order valence-corrected chi connectivity index (χ3v) is 7.04. The highest BCUT2D eigenvalue weighted by Crippen LogP contribution is 2.27. The Labute approximate surface area is 209 Å². The lowest BCUT2D eigenvalue weighted by Gasteiger charge is -2.33. The minimum Gasteiger partial charge on any atom is -0.364 e. The summed E-state index contributed by atoms with van der Waals surface area (Å²) >= 11 is 0. The number of benzene rings is 2. The van der Waals surface area contributed by atoms with Crippen molar-refractivity contribution in [2.75, 3.05) is 34.9 Å². The summed E-state index contributed by atoms with van der Waals surface area (Å²) in [5.41, 5.74) is 6.77. The molecule has 3 aromatic rings. The van der Waals surface area contributed by atoms with Crippen molar-refractivity contribution in [1.29, 1.82) is 0 Å². The molecular formula is C25H28N6O4S. The summed E-state index contributed by atoms with van der Waals surface area (Å²) in [5, 5.41) is 5.95. The number of nitrogens with two attached hydrogens (primary N) is 1. The predicted octanol–water partition coefficient (Wildman–Crippen LogP) is 2.97. The third-order valence-electron chi connectivity index (χ3n) is 5.91. The van der Waals surface area contributed by atoms with Crippen molar-refractivity contribution in [3.8, 4) is 0 Å². The Bertz CT molecular complexity index is 1350. The lowest BCUT2D eigenvalue weighted by Crippen LogP contribution is -2.37. The Morgan fingerprint density at radius 3 is 2.47 bits per heavy atom. The monoisotopic (exact) mass is 508 g/mol. The first kappa shape index (κ1) is 25.1. The van der Waals surface area contributed by atoms with Crippen LogP contribution in [0.5, 0.6) is 0 Å². The van der Waals surface area contributed by atoms with E-state index in [0.29, 0.717) is 24.5 Å². The molecular weight excluding hydrogens is 480 g/mol. The molecule has 1 aliphatic heterocycles. The number of hydrogen-bond acceptors (Lipinski definition) is 8. The number of carbonyl (C=O) groups is 2. The first-order valence-corrected chi connectivity index (χ1v) is 13.4.